The van der Waals surface area contributed by atoms with E-state index in [0.29, 0.717) is 5.75 Å². The highest BCUT2D eigenvalue weighted by Crippen LogP contribution is 2.41. The molecule has 0 spiro atoms. The third-order valence-electron chi connectivity index (χ3n) is 4.27. The van der Waals surface area contributed by atoms with Crippen molar-refractivity contribution in [2.75, 3.05) is 0 Å². The minimum absolute atomic E-state index is 0.142. The zero-order chi connectivity index (χ0) is 17.4. The van der Waals surface area contributed by atoms with E-state index in [0.717, 1.165) is 22.3 Å². The average molecular weight is 311 g/mol. The van der Waals surface area contributed by atoms with E-state index in [9.17, 15) is 5.11 Å². The number of aromatic hydroxyl groups is 1. The Morgan fingerprint density at radius 1 is 0.783 bits per heavy atom. The summed E-state index contributed by atoms with van der Waals surface area (Å²) in [6.07, 6.45) is 0. The number of phenolic OH excluding ortho intramolecular Hbond substituents is 1. The van der Waals surface area contributed by atoms with Crippen molar-refractivity contribution in [3.63, 3.8) is 0 Å². The Balaban J connectivity index is 2.65. The van der Waals surface area contributed by atoms with Crippen molar-refractivity contribution >= 4 is 0 Å². The summed E-state index contributed by atoms with van der Waals surface area (Å²) in [5.41, 5.74) is 10.3. The Kier molecular flexibility index (Phi) is 4.59. The highest BCUT2D eigenvalue weighted by Gasteiger charge is 2.27. The van der Waals surface area contributed by atoms with Crippen LogP contribution in [0, 0.1) is 0 Å². The van der Waals surface area contributed by atoms with Gasteiger partial charge in [-0.25, -0.2) is 0 Å². The second-order valence-electron chi connectivity index (χ2n) is 8.35. The van der Waals surface area contributed by atoms with Gasteiger partial charge in [0.2, 0.25) is 0 Å². The number of benzene rings is 2. The number of rotatable bonds is 2. The van der Waals surface area contributed by atoms with Gasteiger partial charge < -0.3 is 10.8 Å². The highest BCUT2D eigenvalue weighted by atomic mass is 16.3. The van der Waals surface area contributed by atoms with Gasteiger partial charge in [-0.05, 0) is 45.2 Å². The van der Waals surface area contributed by atoms with Gasteiger partial charge in [-0.2, -0.15) is 0 Å². The monoisotopic (exact) mass is 311 g/mol. The Morgan fingerprint density at radius 3 is 1.61 bits per heavy atom. The summed E-state index contributed by atoms with van der Waals surface area (Å²) >= 11 is 0. The van der Waals surface area contributed by atoms with E-state index >= 15 is 0 Å². The predicted molar refractivity (Wildman–Crippen MR) is 98.0 cm³/mol. The molecule has 124 valence electrons. The van der Waals surface area contributed by atoms with E-state index in [4.69, 9.17) is 5.73 Å². The molecule has 2 heteroatoms. The SMILES string of the molecule is CC(C)(C)c1cc(C(N)c2ccccc2)cc(C(C)(C)C)c1O. The molecule has 0 aliphatic rings. The molecule has 23 heavy (non-hydrogen) atoms. The minimum Gasteiger partial charge on any atom is -0.507 e. The fourth-order valence-electron chi connectivity index (χ4n) is 2.83. The first-order valence-corrected chi connectivity index (χ1v) is 8.20. The maximum atomic E-state index is 10.8. The second kappa shape index (κ2) is 6.01. The number of hydrogen-bond acceptors (Lipinski definition) is 2. The summed E-state index contributed by atoms with van der Waals surface area (Å²) in [4.78, 5) is 0. The third-order valence-corrected chi connectivity index (χ3v) is 4.27. The zero-order valence-corrected chi connectivity index (χ0v) is 15.1. The van der Waals surface area contributed by atoms with Gasteiger partial charge in [-0.15, -0.1) is 0 Å². The van der Waals surface area contributed by atoms with Crippen LogP contribution in [0.2, 0.25) is 0 Å². The lowest BCUT2D eigenvalue weighted by atomic mass is 9.77. The van der Waals surface area contributed by atoms with Crippen LogP contribution in [-0.4, -0.2) is 5.11 Å². The predicted octanol–water partition coefficient (Wildman–Crippen LogP) is 5.04. The van der Waals surface area contributed by atoms with Crippen molar-refractivity contribution in [3.8, 4) is 5.75 Å². The van der Waals surface area contributed by atoms with Crippen LogP contribution in [0.25, 0.3) is 0 Å². The van der Waals surface area contributed by atoms with Crippen LogP contribution >= 0.6 is 0 Å². The summed E-state index contributed by atoms with van der Waals surface area (Å²) < 4.78 is 0. The molecular formula is C21H29NO. The van der Waals surface area contributed by atoms with Crippen molar-refractivity contribution in [2.24, 2.45) is 5.73 Å². The summed E-state index contributed by atoms with van der Waals surface area (Å²) in [5.74, 6) is 0.397. The van der Waals surface area contributed by atoms with Crippen LogP contribution in [-0.2, 0) is 10.8 Å². The standard InChI is InChI=1S/C21H29NO/c1-20(2,3)16-12-15(13-17(19(16)23)21(4,5)6)18(22)14-10-8-7-9-11-14/h7-13,18,23H,22H2,1-6H3. The quantitative estimate of drug-likeness (QED) is 0.816. The molecule has 0 radical (unpaired) electrons. The largest absolute Gasteiger partial charge is 0.507 e. The third kappa shape index (κ3) is 3.76. The maximum Gasteiger partial charge on any atom is 0.123 e. The van der Waals surface area contributed by atoms with Gasteiger partial charge in [-0.3, -0.25) is 0 Å². The molecule has 1 atom stereocenters. The van der Waals surface area contributed by atoms with E-state index in [-0.39, 0.29) is 16.9 Å². The van der Waals surface area contributed by atoms with Crippen LogP contribution < -0.4 is 5.73 Å². The van der Waals surface area contributed by atoms with Gasteiger partial charge in [0.15, 0.2) is 0 Å². The molecule has 0 bridgehead atoms. The van der Waals surface area contributed by atoms with Crippen molar-refractivity contribution in [1.29, 1.82) is 0 Å². The Morgan fingerprint density at radius 2 is 1.22 bits per heavy atom. The van der Waals surface area contributed by atoms with Gasteiger partial charge in [-0.1, -0.05) is 71.9 Å². The van der Waals surface area contributed by atoms with Crippen molar-refractivity contribution in [1.82, 2.24) is 0 Å². The molecule has 2 rings (SSSR count). The van der Waals surface area contributed by atoms with Crippen LogP contribution in [0.4, 0.5) is 0 Å². The molecule has 0 saturated heterocycles. The fraction of sp³-hybridized carbons (Fsp3) is 0.429. The van der Waals surface area contributed by atoms with E-state index in [1.54, 1.807) is 0 Å². The molecule has 0 fully saturated rings. The van der Waals surface area contributed by atoms with Gasteiger partial charge in [0.05, 0.1) is 6.04 Å². The molecule has 0 aliphatic heterocycles. The summed E-state index contributed by atoms with van der Waals surface area (Å²) in [7, 11) is 0. The number of phenols is 1. The topological polar surface area (TPSA) is 46.2 Å². The molecule has 2 aromatic rings. The van der Waals surface area contributed by atoms with Crippen LogP contribution in [0.3, 0.4) is 0 Å². The number of nitrogens with two attached hydrogens (primary N) is 1. The minimum atomic E-state index is -0.195. The van der Waals surface area contributed by atoms with Gasteiger partial charge in [0, 0.05) is 0 Å². The van der Waals surface area contributed by atoms with Crippen LogP contribution in [0.15, 0.2) is 42.5 Å². The molecular weight excluding hydrogens is 282 g/mol. The first kappa shape index (κ1) is 17.6. The Bertz CT molecular complexity index is 640. The van der Waals surface area contributed by atoms with Crippen molar-refractivity contribution in [2.45, 2.75) is 58.4 Å². The summed E-state index contributed by atoms with van der Waals surface area (Å²) in [5, 5.41) is 10.8. The molecule has 3 N–H and O–H groups in total. The fourth-order valence-corrected chi connectivity index (χ4v) is 2.83. The van der Waals surface area contributed by atoms with E-state index in [1.807, 2.05) is 30.3 Å². The first-order chi connectivity index (χ1) is 10.5. The van der Waals surface area contributed by atoms with Gasteiger partial charge >= 0.3 is 0 Å². The molecule has 0 saturated carbocycles. The molecule has 1 unspecified atom stereocenters. The Labute approximate surface area is 140 Å². The molecule has 2 aromatic carbocycles. The average Bonchev–Trinajstić information content (AvgIpc) is 2.45. The second-order valence-corrected chi connectivity index (χ2v) is 8.35. The summed E-state index contributed by atoms with van der Waals surface area (Å²) in [6, 6.07) is 14.0. The number of hydrogen-bond donors (Lipinski definition) is 2. The van der Waals surface area contributed by atoms with E-state index in [2.05, 4.69) is 53.7 Å². The summed E-state index contributed by atoms with van der Waals surface area (Å²) in [6.45, 7) is 12.7. The smallest absolute Gasteiger partial charge is 0.123 e. The zero-order valence-electron chi connectivity index (χ0n) is 15.1. The molecule has 0 amide bonds. The lowest BCUT2D eigenvalue weighted by Gasteiger charge is -2.29. The highest BCUT2D eigenvalue weighted by molar-refractivity contribution is 5.51. The molecule has 0 aliphatic carbocycles. The lowest BCUT2D eigenvalue weighted by molar-refractivity contribution is 0.422. The lowest BCUT2D eigenvalue weighted by Crippen LogP contribution is -2.20. The molecule has 2 nitrogen and oxygen atoms in total. The van der Waals surface area contributed by atoms with Crippen molar-refractivity contribution in [3.05, 3.63) is 64.7 Å². The van der Waals surface area contributed by atoms with Gasteiger partial charge in [0.25, 0.3) is 0 Å². The van der Waals surface area contributed by atoms with Crippen molar-refractivity contribution < 1.29 is 5.11 Å². The first-order valence-electron chi connectivity index (χ1n) is 8.20. The normalized spacial score (nSPS) is 13.9. The Hall–Kier alpha value is -1.80. The van der Waals surface area contributed by atoms with E-state index < -0.39 is 0 Å². The van der Waals surface area contributed by atoms with Crippen LogP contribution in [0.5, 0.6) is 5.75 Å². The van der Waals surface area contributed by atoms with E-state index in [1.165, 1.54) is 0 Å². The van der Waals surface area contributed by atoms with Gasteiger partial charge in [0.1, 0.15) is 5.75 Å². The maximum absolute atomic E-state index is 10.8. The molecule has 0 heterocycles. The van der Waals surface area contributed by atoms with Crippen LogP contribution in [0.1, 0.15) is 69.8 Å². The molecule has 0 aromatic heterocycles.